The van der Waals surface area contributed by atoms with Crippen molar-refractivity contribution in [3.05, 3.63) is 28.8 Å². The fourth-order valence-corrected chi connectivity index (χ4v) is 6.78. The topological polar surface area (TPSA) is 46.6 Å². The summed E-state index contributed by atoms with van der Waals surface area (Å²) in [6.07, 6.45) is 0.999. The molecule has 2 atom stereocenters. The Labute approximate surface area is 143 Å². The molecule has 0 N–H and O–H groups in total. The van der Waals surface area contributed by atoms with Crippen LogP contribution in [0.25, 0.3) is 0 Å². The van der Waals surface area contributed by atoms with Gasteiger partial charge in [0, 0.05) is 30.6 Å². The lowest BCUT2D eigenvalue weighted by Gasteiger charge is -2.56. The van der Waals surface area contributed by atoms with Crippen LogP contribution in [-0.4, -0.2) is 39.5 Å². The lowest BCUT2D eigenvalue weighted by Crippen LogP contribution is -2.55. The molecular weight excluding hydrogens is 334 g/mol. The van der Waals surface area contributed by atoms with Crippen molar-refractivity contribution in [2.75, 3.05) is 26.8 Å². The van der Waals surface area contributed by atoms with Crippen molar-refractivity contribution >= 4 is 21.6 Å². The van der Waals surface area contributed by atoms with Gasteiger partial charge < -0.3 is 4.74 Å². The van der Waals surface area contributed by atoms with E-state index in [2.05, 4.69) is 13.8 Å². The summed E-state index contributed by atoms with van der Waals surface area (Å²) in [7, 11) is -1.84. The molecule has 0 aromatic heterocycles. The minimum atomic E-state index is -3.53. The Bertz CT molecular complexity index is 731. The first-order valence-electron chi connectivity index (χ1n) is 7.88. The molecule has 1 heterocycles. The molecule has 1 aliphatic heterocycles. The van der Waals surface area contributed by atoms with Crippen molar-refractivity contribution in [1.82, 2.24) is 4.31 Å². The number of hydrogen-bond acceptors (Lipinski definition) is 3. The van der Waals surface area contributed by atoms with Gasteiger partial charge in [0.05, 0.1) is 11.5 Å². The first kappa shape index (κ1) is 17.2. The molecule has 1 aromatic rings. The second-order valence-corrected chi connectivity index (χ2v) is 9.99. The molecule has 0 amide bonds. The highest BCUT2D eigenvalue weighted by Crippen LogP contribution is 2.63. The third-order valence-electron chi connectivity index (χ3n) is 5.64. The summed E-state index contributed by atoms with van der Waals surface area (Å²) in [5.41, 5.74) is 0.734. The van der Waals surface area contributed by atoms with Crippen LogP contribution in [0.1, 0.15) is 25.8 Å². The van der Waals surface area contributed by atoms with E-state index in [1.54, 1.807) is 36.5 Å². The van der Waals surface area contributed by atoms with Crippen LogP contribution in [0.3, 0.4) is 0 Å². The van der Waals surface area contributed by atoms with Crippen LogP contribution in [0, 0.1) is 23.7 Å². The summed E-state index contributed by atoms with van der Waals surface area (Å²) < 4.78 is 33.3. The molecule has 0 radical (unpaired) electrons. The Morgan fingerprint density at radius 2 is 2.09 bits per heavy atom. The highest BCUT2D eigenvalue weighted by Gasteiger charge is 2.64. The average Bonchev–Trinajstić information content (AvgIpc) is 2.77. The fourth-order valence-electron chi connectivity index (χ4n) is 4.75. The van der Waals surface area contributed by atoms with Gasteiger partial charge in [-0.05, 0) is 42.4 Å². The first-order valence-corrected chi connectivity index (χ1v) is 9.70. The van der Waals surface area contributed by atoms with Gasteiger partial charge in [-0.2, -0.15) is 4.31 Å². The van der Waals surface area contributed by atoms with E-state index in [1.165, 1.54) is 0 Å². The van der Waals surface area contributed by atoms with E-state index >= 15 is 0 Å². The zero-order valence-electron chi connectivity index (χ0n) is 14.1. The third kappa shape index (κ3) is 2.53. The normalized spacial score (nSPS) is 30.0. The van der Waals surface area contributed by atoms with E-state index in [0.29, 0.717) is 41.1 Å². The Kier molecular flexibility index (Phi) is 4.08. The molecule has 23 heavy (non-hydrogen) atoms. The average molecular weight is 358 g/mol. The van der Waals surface area contributed by atoms with E-state index < -0.39 is 10.0 Å². The Morgan fingerprint density at radius 3 is 2.70 bits per heavy atom. The van der Waals surface area contributed by atoms with E-state index in [-0.39, 0.29) is 10.8 Å². The maximum atomic E-state index is 13.1. The summed E-state index contributed by atoms with van der Waals surface area (Å²) in [6, 6.07) is 5.06. The second kappa shape index (κ2) is 5.45. The van der Waals surface area contributed by atoms with Crippen LogP contribution in [-0.2, 0) is 14.8 Å². The predicted molar refractivity (Wildman–Crippen MR) is 91.1 cm³/mol. The van der Waals surface area contributed by atoms with Crippen LogP contribution in [0.5, 0.6) is 0 Å². The number of ether oxygens (including phenoxy) is 1. The van der Waals surface area contributed by atoms with Crippen LogP contribution >= 0.6 is 11.6 Å². The maximum absolute atomic E-state index is 13.1. The van der Waals surface area contributed by atoms with Gasteiger partial charge in [-0.1, -0.05) is 31.5 Å². The summed E-state index contributed by atoms with van der Waals surface area (Å²) >= 11 is 6.12. The standard InChI is InChI=1S/C17H24ClNO3S/c1-12-13(18)6-5-7-14(12)23(20,21)19-8-15-16(2,3)9-17(15,10-19)11-22-4/h5-7,15H,8-11H2,1-4H3/t15-,17-/m1/s1. The smallest absolute Gasteiger partial charge is 0.243 e. The van der Waals surface area contributed by atoms with Gasteiger partial charge >= 0.3 is 0 Å². The van der Waals surface area contributed by atoms with Gasteiger partial charge in [0.15, 0.2) is 0 Å². The van der Waals surface area contributed by atoms with Crippen molar-refractivity contribution in [3.63, 3.8) is 0 Å². The van der Waals surface area contributed by atoms with Gasteiger partial charge in [0.1, 0.15) is 0 Å². The highest BCUT2D eigenvalue weighted by molar-refractivity contribution is 7.89. The zero-order valence-corrected chi connectivity index (χ0v) is 15.7. The van der Waals surface area contributed by atoms with Gasteiger partial charge in [-0.15, -0.1) is 0 Å². The molecule has 2 aliphatic rings. The molecule has 0 bridgehead atoms. The molecule has 0 unspecified atom stereocenters. The van der Waals surface area contributed by atoms with Crippen molar-refractivity contribution < 1.29 is 13.2 Å². The van der Waals surface area contributed by atoms with Crippen molar-refractivity contribution in [2.24, 2.45) is 16.7 Å². The molecule has 1 aromatic carbocycles. The molecule has 1 saturated carbocycles. The molecule has 3 rings (SSSR count). The largest absolute Gasteiger partial charge is 0.384 e. The molecule has 1 saturated heterocycles. The van der Waals surface area contributed by atoms with Crippen molar-refractivity contribution in [3.8, 4) is 0 Å². The number of halogens is 1. The monoisotopic (exact) mass is 357 g/mol. The lowest BCUT2D eigenvalue weighted by molar-refractivity contribution is -0.106. The van der Waals surface area contributed by atoms with Gasteiger partial charge in [0.2, 0.25) is 10.0 Å². The van der Waals surface area contributed by atoms with Crippen molar-refractivity contribution in [1.29, 1.82) is 0 Å². The maximum Gasteiger partial charge on any atom is 0.243 e. The number of nitrogens with zero attached hydrogens (tertiary/aromatic N) is 1. The van der Waals surface area contributed by atoms with Gasteiger partial charge in [-0.3, -0.25) is 0 Å². The molecule has 0 spiro atoms. The molecular formula is C17H24ClNO3S. The zero-order chi connectivity index (χ0) is 17.0. The van der Waals surface area contributed by atoms with E-state index in [0.717, 1.165) is 6.42 Å². The van der Waals surface area contributed by atoms with Crippen LogP contribution in [0.15, 0.2) is 23.1 Å². The van der Waals surface area contributed by atoms with Crippen molar-refractivity contribution in [2.45, 2.75) is 32.1 Å². The molecule has 128 valence electrons. The minimum absolute atomic E-state index is 0.0438. The number of rotatable bonds is 4. The number of fused-ring (bicyclic) bond motifs is 1. The van der Waals surface area contributed by atoms with Crippen LogP contribution in [0.4, 0.5) is 0 Å². The predicted octanol–water partition coefficient (Wildman–Crippen LogP) is 3.33. The van der Waals surface area contributed by atoms with Crippen LogP contribution < -0.4 is 0 Å². The first-order chi connectivity index (χ1) is 10.6. The number of hydrogen-bond donors (Lipinski definition) is 0. The Balaban J connectivity index is 1.95. The second-order valence-electron chi connectivity index (χ2n) is 7.67. The lowest BCUT2D eigenvalue weighted by atomic mass is 9.48. The molecule has 6 heteroatoms. The number of sulfonamides is 1. The van der Waals surface area contributed by atoms with Gasteiger partial charge in [-0.25, -0.2) is 8.42 Å². The fraction of sp³-hybridized carbons (Fsp3) is 0.647. The number of methoxy groups -OCH3 is 1. The van der Waals surface area contributed by atoms with Crippen LogP contribution in [0.2, 0.25) is 5.02 Å². The summed E-state index contributed by atoms with van der Waals surface area (Å²) in [6.45, 7) is 7.89. The minimum Gasteiger partial charge on any atom is -0.384 e. The molecule has 1 aliphatic carbocycles. The number of benzene rings is 1. The Morgan fingerprint density at radius 1 is 1.39 bits per heavy atom. The SMILES string of the molecule is COC[C@@]12CN(S(=O)(=O)c3cccc(Cl)c3C)C[C@@H]1C(C)(C)C2. The summed E-state index contributed by atoms with van der Waals surface area (Å²) in [5, 5.41) is 0.486. The highest BCUT2D eigenvalue weighted by atomic mass is 35.5. The third-order valence-corrected chi connectivity index (χ3v) is 8.00. The van der Waals surface area contributed by atoms with E-state index in [1.807, 2.05) is 0 Å². The molecule has 4 nitrogen and oxygen atoms in total. The summed E-state index contributed by atoms with van der Waals surface area (Å²) in [5.74, 6) is 0.337. The Hall–Kier alpha value is -0.620. The van der Waals surface area contributed by atoms with E-state index in [4.69, 9.17) is 16.3 Å². The summed E-state index contributed by atoms with van der Waals surface area (Å²) in [4.78, 5) is 0.316. The quantitative estimate of drug-likeness (QED) is 0.830. The van der Waals surface area contributed by atoms with Gasteiger partial charge in [0.25, 0.3) is 0 Å². The molecule has 2 fully saturated rings. The van der Waals surface area contributed by atoms with E-state index in [9.17, 15) is 8.42 Å².